The molecule has 0 spiro atoms. The van der Waals surface area contributed by atoms with E-state index in [0.717, 1.165) is 10.5 Å². The van der Waals surface area contributed by atoms with Gasteiger partial charge in [0.2, 0.25) is 11.6 Å². The van der Waals surface area contributed by atoms with Crippen LogP contribution in [0.2, 0.25) is 0 Å². The number of carbonyl (C=O) groups excluding carboxylic acids is 3. The summed E-state index contributed by atoms with van der Waals surface area (Å²) in [5.74, 6) is -0.307. The monoisotopic (exact) mass is 698 g/mol. The van der Waals surface area contributed by atoms with Crippen LogP contribution >= 0.6 is 0 Å². The number of fused-ring (bicyclic) bond motifs is 4. The van der Waals surface area contributed by atoms with Gasteiger partial charge in [0.15, 0.2) is 0 Å². The van der Waals surface area contributed by atoms with Crippen LogP contribution in [0.4, 0.5) is 31.7 Å². The molecule has 1 aromatic heterocycles. The van der Waals surface area contributed by atoms with Gasteiger partial charge in [-0.05, 0) is 84.6 Å². The third-order valence-electron chi connectivity index (χ3n) is 7.26. The van der Waals surface area contributed by atoms with E-state index in [9.17, 15) is 24.5 Å². The molecule has 3 heterocycles. The Morgan fingerprint density at radius 1 is 1.02 bits per heavy atom. The van der Waals surface area contributed by atoms with Crippen LogP contribution in [-0.2, 0) is 27.2 Å². The Kier molecular flexibility index (Phi) is 12.1. The van der Waals surface area contributed by atoms with Crippen molar-refractivity contribution in [1.29, 1.82) is 0 Å². The van der Waals surface area contributed by atoms with E-state index in [-0.39, 0.29) is 38.0 Å². The van der Waals surface area contributed by atoms with Crippen LogP contribution in [0.15, 0.2) is 30.4 Å². The van der Waals surface area contributed by atoms with Crippen molar-refractivity contribution in [2.75, 3.05) is 36.5 Å². The van der Waals surface area contributed by atoms with E-state index in [1.54, 1.807) is 44.7 Å². The molecule has 2 aliphatic rings. The third-order valence-corrected chi connectivity index (χ3v) is 7.26. The minimum Gasteiger partial charge on any atom is -0.490 e. The first-order chi connectivity index (χ1) is 23.5. The van der Waals surface area contributed by atoms with Crippen LogP contribution in [0.1, 0.15) is 78.9 Å². The fraction of sp³-hybridized carbons (Fsp3) is 0.559. The summed E-state index contributed by atoms with van der Waals surface area (Å²) >= 11 is 0. The summed E-state index contributed by atoms with van der Waals surface area (Å²) in [5.41, 5.74) is -0.817. The summed E-state index contributed by atoms with van der Waals surface area (Å²) in [6.07, 6.45) is 3.64. The Morgan fingerprint density at radius 2 is 1.72 bits per heavy atom. The quantitative estimate of drug-likeness (QED) is 0.154. The van der Waals surface area contributed by atoms with Crippen molar-refractivity contribution in [3.63, 3.8) is 0 Å². The number of nitrogens with one attached hydrogen (secondary N) is 1. The number of anilines is 2. The van der Waals surface area contributed by atoms with Crippen LogP contribution in [0, 0.1) is 10.1 Å². The van der Waals surface area contributed by atoms with Crippen LogP contribution < -0.4 is 19.7 Å². The number of nitrogens with zero attached hydrogens (tertiary/aromatic N) is 5. The molecule has 3 amide bonds. The second kappa shape index (κ2) is 16.0. The van der Waals surface area contributed by atoms with Crippen molar-refractivity contribution in [2.24, 2.45) is 0 Å². The maximum absolute atomic E-state index is 13.4. The number of piperidine rings is 1. The van der Waals surface area contributed by atoms with Crippen molar-refractivity contribution in [1.82, 2.24) is 14.9 Å². The SMILES string of the molecule is CCOC(=O)N1Cc2ccc(OC3CCN(C(=O)OC(C)(C)C)CC3)c(c2)C/C=C/CCOc2nc(NC(=O)OC(C)(C)C)c([N+](=O)[O-])c1n2. The van der Waals surface area contributed by atoms with Gasteiger partial charge in [-0.1, -0.05) is 18.2 Å². The highest BCUT2D eigenvalue weighted by molar-refractivity contribution is 5.94. The second-order valence-electron chi connectivity index (χ2n) is 13.7. The number of nitro groups is 1. The minimum atomic E-state index is -0.994. The molecule has 0 radical (unpaired) electrons. The number of benzene rings is 1. The van der Waals surface area contributed by atoms with Gasteiger partial charge in [0.05, 0.1) is 24.7 Å². The van der Waals surface area contributed by atoms with Gasteiger partial charge >= 0.3 is 30.0 Å². The number of aromatic nitrogens is 2. The summed E-state index contributed by atoms with van der Waals surface area (Å²) in [6.45, 7) is 12.9. The van der Waals surface area contributed by atoms with Gasteiger partial charge in [-0.2, -0.15) is 9.97 Å². The van der Waals surface area contributed by atoms with Gasteiger partial charge < -0.3 is 28.6 Å². The minimum absolute atomic E-state index is 0.0177. The lowest BCUT2D eigenvalue weighted by molar-refractivity contribution is -0.383. The molecule has 16 heteroatoms. The van der Waals surface area contributed by atoms with Gasteiger partial charge in [-0.25, -0.2) is 14.4 Å². The topological polar surface area (TPSA) is 185 Å². The number of rotatable bonds is 5. The van der Waals surface area contributed by atoms with E-state index in [1.165, 1.54) is 0 Å². The number of hydrogen-bond donors (Lipinski definition) is 1. The first-order valence-electron chi connectivity index (χ1n) is 16.6. The lowest BCUT2D eigenvalue weighted by atomic mass is 10.0. The van der Waals surface area contributed by atoms with Gasteiger partial charge in [-0.15, -0.1) is 0 Å². The number of likely N-dealkylation sites (tertiary alicyclic amines) is 1. The summed E-state index contributed by atoms with van der Waals surface area (Å²) in [5, 5.41) is 14.8. The van der Waals surface area contributed by atoms with Crippen molar-refractivity contribution in [3.8, 4) is 11.8 Å². The summed E-state index contributed by atoms with van der Waals surface area (Å²) < 4.78 is 28.3. The van der Waals surface area contributed by atoms with Crippen LogP contribution in [0.25, 0.3) is 0 Å². The maximum atomic E-state index is 13.4. The van der Waals surface area contributed by atoms with E-state index in [4.69, 9.17) is 23.7 Å². The Bertz CT molecular complexity index is 1590. The lowest BCUT2D eigenvalue weighted by Gasteiger charge is -2.33. The Hall–Kier alpha value is -5.15. The molecule has 1 N–H and O–H groups in total. The summed E-state index contributed by atoms with van der Waals surface area (Å²) in [4.78, 5) is 61.4. The van der Waals surface area contributed by atoms with Gasteiger partial charge in [-0.3, -0.25) is 20.3 Å². The Balaban J connectivity index is 1.67. The molecule has 4 bridgehead atoms. The maximum Gasteiger partial charge on any atom is 0.415 e. The standard InChI is InChI=1S/C34H46N6O10/c1-8-46-32(43)39-21-22-13-14-25(48-24-15-17-38(18-16-24)31(42)50-34(5,6)7)23(20-22)12-10-9-11-19-47-29-35-27(26(40(44)45)28(39)37-29)36-30(41)49-33(2,3)4/h9-10,13-14,20,24H,8,11-12,15-19,21H2,1-7H3,(H,35,36,37,41)/b10-9+. The third kappa shape index (κ3) is 10.7. The van der Waals surface area contributed by atoms with Crippen LogP contribution in [0.3, 0.4) is 0 Å². The van der Waals surface area contributed by atoms with E-state index in [1.807, 2.05) is 39.0 Å². The van der Waals surface area contributed by atoms with Crippen LogP contribution in [0.5, 0.6) is 11.8 Å². The molecule has 1 saturated heterocycles. The molecule has 0 unspecified atom stereocenters. The molecular formula is C34H46N6O10. The highest BCUT2D eigenvalue weighted by Gasteiger charge is 2.35. The lowest BCUT2D eigenvalue weighted by Crippen LogP contribution is -2.44. The molecule has 1 fully saturated rings. The fourth-order valence-electron chi connectivity index (χ4n) is 5.16. The highest BCUT2D eigenvalue weighted by Crippen LogP contribution is 2.37. The molecule has 1 aromatic carbocycles. The number of hydrogen-bond acceptors (Lipinski definition) is 12. The van der Waals surface area contributed by atoms with E-state index < -0.39 is 45.6 Å². The Labute approximate surface area is 291 Å². The number of allylic oxidation sites excluding steroid dienone is 1. The highest BCUT2D eigenvalue weighted by atomic mass is 16.6. The molecule has 0 saturated carbocycles. The van der Waals surface area contributed by atoms with Crippen molar-refractivity contribution >= 4 is 35.6 Å². The van der Waals surface area contributed by atoms with E-state index in [0.29, 0.717) is 50.1 Å². The molecule has 16 nitrogen and oxygen atoms in total. The summed E-state index contributed by atoms with van der Waals surface area (Å²) in [6, 6.07) is 5.11. The first-order valence-corrected chi connectivity index (χ1v) is 16.6. The largest absolute Gasteiger partial charge is 0.490 e. The normalized spacial score (nSPS) is 16.3. The molecule has 2 aromatic rings. The summed E-state index contributed by atoms with van der Waals surface area (Å²) in [7, 11) is 0. The molecular weight excluding hydrogens is 652 g/mol. The predicted molar refractivity (Wildman–Crippen MR) is 183 cm³/mol. The van der Waals surface area contributed by atoms with E-state index >= 15 is 0 Å². The van der Waals surface area contributed by atoms with Crippen molar-refractivity contribution in [3.05, 3.63) is 51.6 Å². The average molecular weight is 699 g/mol. The zero-order valence-electron chi connectivity index (χ0n) is 29.6. The zero-order chi connectivity index (χ0) is 36.6. The number of carbonyl (C=O) groups is 3. The molecule has 2 aliphatic heterocycles. The molecule has 0 aliphatic carbocycles. The van der Waals surface area contributed by atoms with Crippen molar-refractivity contribution in [2.45, 2.75) is 98.0 Å². The van der Waals surface area contributed by atoms with E-state index in [2.05, 4.69) is 15.3 Å². The van der Waals surface area contributed by atoms with Crippen LogP contribution in [-0.4, -0.2) is 81.7 Å². The second-order valence-corrected chi connectivity index (χ2v) is 13.7. The Morgan fingerprint density at radius 3 is 2.36 bits per heavy atom. The smallest absolute Gasteiger partial charge is 0.415 e. The van der Waals surface area contributed by atoms with Gasteiger partial charge in [0.25, 0.3) is 0 Å². The first kappa shape index (κ1) is 37.7. The predicted octanol–water partition coefficient (Wildman–Crippen LogP) is 6.55. The molecule has 0 atom stereocenters. The molecule has 4 rings (SSSR count). The molecule has 50 heavy (non-hydrogen) atoms. The number of ether oxygens (including phenoxy) is 5. The van der Waals surface area contributed by atoms with Crippen molar-refractivity contribution < 1.29 is 43.0 Å². The average Bonchev–Trinajstić information content (AvgIpc) is 3.00. The fourth-order valence-corrected chi connectivity index (χ4v) is 5.16. The number of amides is 3. The van der Waals surface area contributed by atoms with Gasteiger partial charge in [0, 0.05) is 25.9 Å². The van der Waals surface area contributed by atoms with Gasteiger partial charge in [0.1, 0.15) is 23.1 Å². The zero-order valence-corrected chi connectivity index (χ0v) is 29.6. The molecule has 272 valence electrons.